The van der Waals surface area contributed by atoms with E-state index in [1.54, 1.807) is 24.3 Å². The molecule has 2 N–H and O–H groups in total. The summed E-state index contributed by atoms with van der Waals surface area (Å²) in [6, 6.07) is 8.96. The van der Waals surface area contributed by atoms with Crippen molar-refractivity contribution in [3.63, 3.8) is 0 Å². The van der Waals surface area contributed by atoms with Crippen LogP contribution in [0.4, 0.5) is 14.5 Å². The summed E-state index contributed by atoms with van der Waals surface area (Å²) in [6.45, 7) is 1.52. The first-order valence-corrected chi connectivity index (χ1v) is 8.17. The van der Waals surface area contributed by atoms with Gasteiger partial charge in [-0.05, 0) is 42.8 Å². The molecule has 0 spiro atoms. The first-order valence-electron chi connectivity index (χ1n) is 8.17. The van der Waals surface area contributed by atoms with E-state index in [4.69, 9.17) is 4.74 Å². The normalized spacial score (nSPS) is 10.2. The lowest BCUT2D eigenvalue weighted by Gasteiger charge is -2.07. The van der Waals surface area contributed by atoms with Gasteiger partial charge in [0.25, 0.3) is 5.91 Å². The lowest BCUT2D eigenvalue weighted by atomic mass is 10.2. The second kappa shape index (κ2) is 9.42. The molecular weight excluding hydrogens is 358 g/mol. The Morgan fingerprint density at radius 3 is 2.37 bits per heavy atom. The Balaban J connectivity index is 1.72. The number of ether oxygens (including phenoxy) is 1. The van der Waals surface area contributed by atoms with Crippen molar-refractivity contribution in [2.24, 2.45) is 0 Å². The lowest BCUT2D eigenvalue weighted by molar-refractivity contribution is -0.134. The van der Waals surface area contributed by atoms with E-state index in [9.17, 15) is 23.2 Å². The highest BCUT2D eigenvalue weighted by atomic mass is 19.1. The first kappa shape index (κ1) is 20.0. The molecule has 6 nitrogen and oxygen atoms in total. The molecule has 0 heterocycles. The number of halogens is 2. The summed E-state index contributed by atoms with van der Waals surface area (Å²) in [5.41, 5.74) is 0.316. The van der Waals surface area contributed by atoms with Gasteiger partial charge in [0.1, 0.15) is 17.4 Å². The zero-order valence-electron chi connectivity index (χ0n) is 14.6. The fourth-order valence-corrected chi connectivity index (χ4v) is 2.20. The van der Waals surface area contributed by atoms with Crippen LogP contribution in [0.25, 0.3) is 0 Å². The van der Waals surface area contributed by atoms with Gasteiger partial charge in [0.05, 0.1) is 5.56 Å². The Labute approximate surface area is 154 Å². The molecule has 2 aromatic rings. The van der Waals surface area contributed by atoms with Gasteiger partial charge in [-0.15, -0.1) is 0 Å². The molecule has 2 rings (SSSR count). The SMILES string of the molecule is CC(=O)Nc1ccc(OC(=O)CCCNC(=O)c2ccc(F)cc2F)cc1. The summed E-state index contributed by atoms with van der Waals surface area (Å²) in [5, 5.41) is 5.05. The molecular formula is C19H18F2N2O4. The van der Waals surface area contributed by atoms with E-state index < -0.39 is 23.5 Å². The molecule has 0 saturated carbocycles. The Kier molecular flexibility index (Phi) is 6.99. The molecule has 0 saturated heterocycles. The molecule has 2 amide bonds. The number of amides is 2. The van der Waals surface area contributed by atoms with Crippen LogP contribution in [-0.4, -0.2) is 24.3 Å². The van der Waals surface area contributed by atoms with Crippen molar-refractivity contribution < 1.29 is 27.9 Å². The van der Waals surface area contributed by atoms with Crippen molar-refractivity contribution in [3.8, 4) is 5.75 Å². The predicted octanol–water partition coefficient (Wildman–Crippen LogP) is 3.04. The molecule has 0 aromatic heterocycles. The average molecular weight is 376 g/mol. The zero-order chi connectivity index (χ0) is 19.8. The minimum atomic E-state index is -0.949. The number of esters is 1. The van der Waals surface area contributed by atoms with Crippen LogP contribution in [0.1, 0.15) is 30.1 Å². The van der Waals surface area contributed by atoms with Gasteiger partial charge < -0.3 is 15.4 Å². The van der Waals surface area contributed by atoms with E-state index in [2.05, 4.69) is 10.6 Å². The molecule has 27 heavy (non-hydrogen) atoms. The highest BCUT2D eigenvalue weighted by molar-refractivity contribution is 5.94. The number of rotatable bonds is 7. The van der Waals surface area contributed by atoms with Crippen molar-refractivity contribution in [3.05, 3.63) is 59.7 Å². The molecule has 0 unspecified atom stereocenters. The highest BCUT2D eigenvalue weighted by Gasteiger charge is 2.12. The summed E-state index contributed by atoms with van der Waals surface area (Å²) < 4.78 is 31.4. The van der Waals surface area contributed by atoms with Crippen molar-refractivity contribution >= 4 is 23.5 Å². The largest absolute Gasteiger partial charge is 0.427 e. The van der Waals surface area contributed by atoms with Crippen LogP contribution < -0.4 is 15.4 Å². The summed E-state index contributed by atoms with van der Waals surface area (Å²) in [5.74, 6) is -2.78. The van der Waals surface area contributed by atoms with E-state index in [0.29, 0.717) is 17.5 Å². The standard InChI is InChI=1S/C19H18F2N2O4/c1-12(24)23-14-5-7-15(8-6-14)27-18(25)3-2-10-22-19(26)16-9-4-13(20)11-17(16)21/h4-9,11H,2-3,10H2,1H3,(H,22,26)(H,23,24). The van der Waals surface area contributed by atoms with Crippen molar-refractivity contribution in [2.45, 2.75) is 19.8 Å². The third-order valence-corrected chi connectivity index (χ3v) is 3.43. The van der Waals surface area contributed by atoms with Crippen molar-refractivity contribution in [2.75, 3.05) is 11.9 Å². The van der Waals surface area contributed by atoms with Gasteiger partial charge in [-0.25, -0.2) is 8.78 Å². The van der Waals surface area contributed by atoms with Gasteiger partial charge in [-0.1, -0.05) is 0 Å². The van der Waals surface area contributed by atoms with Crippen LogP contribution in [0.2, 0.25) is 0 Å². The Morgan fingerprint density at radius 1 is 1.04 bits per heavy atom. The van der Waals surface area contributed by atoms with Gasteiger partial charge in [0.15, 0.2) is 0 Å². The van der Waals surface area contributed by atoms with Crippen molar-refractivity contribution in [1.29, 1.82) is 0 Å². The number of anilines is 1. The summed E-state index contributed by atoms with van der Waals surface area (Å²) in [7, 11) is 0. The minimum absolute atomic E-state index is 0.0413. The molecule has 0 bridgehead atoms. The average Bonchev–Trinajstić information content (AvgIpc) is 2.60. The molecule has 142 valence electrons. The molecule has 2 aromatic carbocycles. The maximum Gasteiger partial charge on any atom is 0.311 e. The molecule has 0 aliphatic carbocycles. The van der Waals surface area contributed by atoms with Gasteiger partial charge in [0.2, 0.25) is 5.91 Å². The predicted molar refractivity (Wildman–Crippen MR) is 94.3 cm³/mol. The number of nitrogens with one attached hydrogen (secondary N) is 2. The Hall–Kier alpha value is -3.29. The van der Waals surface area contributed by atoms with Crippen LogP contribution in [0.3, 0.4) is 0 Å². The number of hydrogen-bond acceptors (Lipinski definition) is 4. The summed E-state index contributed by atoms with van der Waals surface area (Å²) in [4.78, 5) is 34.5. The third-order valence-electron chi connectivity index (χ3n) is 3.43. The summed E-state index contributed by atoms with van der Waals surface area (Å²) >= 11 is 0. The van der Waals surface area contributed by atoms with E-state index in [0.717, 1.165) is 12.1 Å². The topological polar surface area (TPSA) is 84.5 Å². The molecule has 0 radical (unpaired) electrons. The van der Waals surface area contributed by atoms with E-state index in [-0.39, 0.29) is 30.9 Å². The monoisotopic (exact) mass is 376 g/mol. The van der Waals surface area contributed by atoms with Gasteiger partial charge >= 0.3 is 5.97 Å². The fraction of sp³-hybridized carbons (Fsp3) is 0.211. The van der Waals surface area contributed by atoms with E-state index >= 15 is 0 Å². The maximum absolute atomic E-state index is 13.5. The Bertz CT molecular complexity index is 838. The number of carbonyl (C=O) groups is 3. The van der Waals surface area contributed by atoms with Crippen LogP contribution >= 0.6 is 0 Å². The molecule has 8 heteroatoms. The third kappa shape index (κ3) is 6.50. The maximum atomic E-state index is 13.5. The lowest BCUT2D eigenvalue weighted by Crippen LogP contribution is -2.26. The quantitative estimate of drug-likeness (QED) is 0.442. The smallest absolute Gasteiger partial charge is 0.311 e. The zero-order valence-corrected chi connectivity index (χ0v) is 14.6. The molecule has 0 aliphatic rings. The van der Waals surface area contributed by atoms with Crippen molar-refractivity contribution in [1.82, 2.24) is 5.32 Å². The van der Waals surface area contributed by atoms with E-state index in [1.807, 2.05) is 0 Å². The summed E-state index contributed by atoms with van der Waals surface area (Å²) in [6.07, 6.45) is 0.330. The van der Waals surface area contributed by atoms with E-state index in [1.165, 1.54) is 6.92 Å². The highest BCUT2D eigenvalue weighted by Crippen LogP contribution is 2.16. The minimum Gasteiger partial charge on any atom is -0.427 e. The Morgan fingerprint density at radius 2 is 1.74 bits per heavy atom. The number of carbonyl (C=O) groups excluding carboxylic acids is 3. The molecule has 0 aliphatic heterocycles. The van der Waals surface area contributed by atoms with Crippen LogP contribution in [-0.2, 0) is 9.59 Å². The van der Waals surface area contributed by atoms with Crippen LogP contribution in [0.15, 0.2) is 42.5 Å². The number of benzene rings is 2. The second-order valence-electron chi connectivity index (χ2n) is 5.66. The van der Waals surface area contributed by atoms with Gasteiger partial charge in [0, 0.05) is 31.6 Å². The molecule has 0 atom stereocenters. The first-order chi connectivity index (χ1) is 12.8. The number of hydrogen-bond donors (Lipinski definition) is 2. The van der Waals surface area contributed by atoms with Crippen LogP contribution in [0, 0.1) is 11.6 Å². The fourth-order valence-electron chi connectivity index (χ4n) is 2.20. The van der Waals surface area contributed by atoms with Gasteiger partial charge in [-0.3, -0.25) is 14.4 Å². The second-order valence-corrected chi connectivity index (χ2v) is 5.66. The van der Waals surface area contributed by atoms with Gasteiger partial charge in [-0.2, -0.15) is 0 Å². The van der Waals surface area contributed by atoms with Crippen LogP contribution in [0.5, 0.6) is 5.75 Å². The molecule has 0 fully saturated rings.